The SMILES string of the molecule is CCCCN1Cc2cc(OC)c(OC)cc2-c2cccc(CO)c21. The summed E-state index contributed by atoms with van der Waals surface area (Å²) < 4.78 is 10.9. The average molecular weight is 327 g/mol. The van der Waals surface area contributed by atoms with Crippen LogP contribution in [0.25, 0.3) is 11.1 Å². The number of aliphatic hydroxyl groups excluding tert-OH is 1. The van der Waals surface area contributed by atoms with Crippen molar-refractivity contribution in [2.24, 2.45) is 0 Å². The highest BCUT2D eigenvalue weighted by Crippen LogP contribution is 2.45. The summed E-state index contributed by atoms with van der Waals surface area (Å²) in [6.45, 7) is 4.05. The normalized spacial score (nSPS) is 12.6. The van der Waals surface area contributed by atoms with Crippen LogP contribution in [0.3, 0.4) is 0 Å². The standard InChI is InChI=1S/C20H25NO3/c1-4-5-9-21-12-15-10-18(23-2)19(24-3)11-17(15)16-8-6-7-14(13-22)20(16)21/h6-8,10-11,22H,4-5,9,12-13H2,1-3H3. The van der Waals surface area contributed by atoms with E-state index in [2.05, 4.69) is 24.0 Å². The van der Waals surface area contributed by atoms with E-state index >= 15 is 0 Å². The number of nitrogens with zero attached hydrogens (tertiary/aromatic N) is 1. The Morgan fingerprint density at radius 1 is 1.08 bits per heavy atom. The lowest BCUT2D eigenvalue weighted by molar-refractivity contribution is 0.282. The van der Waals surface area contributed by atoms with E-state index < -0.39 is 0 Å². The summed E-state index contributed by atoms with van der Waals surface area (Å²) in [5, 5.41) is 9.80. The zero-order chi connectivity index (χ0) is 17.1. The van der Waals surface area contributed by atoms with Crippen LogP contribution in [0.1, 0.15) is 30.9 Å². The highest BCUT2D eigenvalue weighted by atomic mass is 16.5. The number of aliphatic hydroxyl groups is 1. The van der Waals surface area contributed by atoms with Gasteiger partial charge < -0.3 is 19.5 Å². The number of anilines is 1. The molecular formula is C20H25NO3. The maximum Gasteiger partial charge on any atom is 0.161 e. The summed E-state index contributed by atoms with van der Waals surface area (Å²) in [6.07, 6.45) is 2.27. The van der Waals surface area contributed by atoms with Crippen molar-refractivity contribution >= 4 is 5.69 Å². The van der Waals surface area contributed by atoms with E-state index in [0.717, 1.165) is 59.8 Å². The predicted octanol–water partition coefficient (Wildman–Crippen LogP) is 3.98. The molecule has 1 aliphatic rings. The second-order valence-electron chi connectivity index (χ2n) is 6.11. The van der Waals surface area contributed by atoms with Gasteiger partial charge in [-0.2, -0.15) is 0 Å². The molecule has 2 aromatic rings. The Bertz CT molecular complexity index is 727. The minimum absolute atomic E-state index is 0.0500. The van der Waals surface area contributed by atoms with Crippen LogP contribution in [0, 0.1) is 0 Å². The first-order valence-corrected chi connectivity index (χ1v) is 8.46. The van der Waals surface area contributed by atoms with Gasteiger partial charge >= 0.3 is 0 Å². The van der Waals surface area contributed by atoms with E-state index in [1.165, 1.54) is 5.56 Å². The van der Waals surface area contributed by atoms with Crippen LogP contribution in [0.4, 0.5) is 5.69 Å². The zero-order valence-electron chi connectivity index (χ0n) is 14.6. The van der Waals surface area contributed by atoms with Gasteiger partial charge in [0.15, 0.2) is 11.5 Å². The van der Waals surface area contributed by atoms with Gasteiger partial charge in [-0.25, -0.2) is 0 Å². The lowest BCUT2D eigenvalue weighted by Crippen LogP contribution is -2.28. The first-order chi connectivity index (χ1) is 11.7. The predicted molar refractivity (Wildman–Crippen MR) is 96.9 cm³/mol. The Labute approximate surface area is 143 Å². The monoisotopic (exact) mass is 327 g/mol. The number of ether oxygens (including phenoxy) is 2. The second-order valence-corrected chi connectivity index (χ2v) is 6.11. The third-order valence-corrected chi connectivity index (χ3v) is 4.65. The van der Waals surface area contributed by atoms with E-state index in [-0.39, 0.29) is 6.61 Å². The first-order valence-electron chi connectivity index (χ1n) is 8.46. The van der Waals surface area contributed by atoms with Crippen LogP contribution >= 0.6 is 0 Å². The summed E-state index contributed by atoms with van der Waals surface area (Å²) in [4.78, 5) is 2.37. The fraction of sp³-hybridized carbons (Fsp3) is 0.400. The number of hydrogen-bond acceptors (Lipinski definition) is 4. The molecule has 1 heterocycles. The van der Waals surface area contributed by atoms with Crippen LogP contribution in [0.15, 0.2) is 30.3 Å². The molecule has 0 spiro atoms. The Hall–Kier alpha value is -2.20. The Morgan fingerprint density at radius 2 is 1.83 bits per heavy atom. The molecule has 4 nitrogen and oxygen atoms in total. The van der Waals surface area contributed by atoms with Crippen molar-refractivity contribution in [3.8, 4) is 22.6 Å². The minimum Gasteiger partial charge on any atom is -0.493 e. The fourth-order valence-corrected chi connectivity index (χ4v) is 3.44. The molecule has 0 aromatic heterocycles. The van der Waals surface area contributed by atoms with Crippen molar-refractivity contribution < 1.29 is 14.6 Å². The molecule has 0 unspecified atom stereocenters. The van der Waals surface area contributed by atoms with Crippen molar-refractivity contribution in [1.29, 1.82) is 0 Å². The van der Waals surface area contributed by atoms with E-state index in [0.29, 0.717) is 0 Å². The van der Waals surface area contributed by atoms with Crippen molar-refractivity contribution in [2.45, 2.75) is 32.9 Å². The van der Waals surface area contributed by atoms with Gasteiger partial charge in [0.25, 0.3) is 0 Å². The Balaban J connectivity index is 2.17. The van der Waals surface area contributed by atoms with Gasteiger partial charge in [0, 0.05) is 24.2 Å². The van der Waals surface area contributed by atoms with E-state index in [9.17, 15) is 5.11 Å². The van der Waals surface area contributed by atoms with Crippen LogP contribution in [-0.2, 0) is 13.2 Å². The number of unbranched alkanes of at least 4 members (excludes halogenated alkanes) is 1. The van der Waals surface area contributed by atoms with Gasteiger partial charge in [0.1, 0.15) is 0 Å². The molecule has 0 amide bonds. The molecule has 0 radical (unpaired) electrons. The average Bonchev–Trinajstić information content (AvgIpc) is 2.64. The van der Waals surface area contributed by atoms with E-state index in [1.807, 2.05) is 18.2 Å². The van der Waals surface area contributed by atoms with Crippen LogP contribution in [0.2, 0.25) is 0 Å². The summed E-state index contributed by atoms with van der Waals surface area (Å²) in [5.41, 5.74) is 5.66. The maximum absolute atomic E-state index is 9.80. The largest absolute Gasteiger partial charge is 0.493 e. The molecule has 4 heteroatoms. The molecule has 0 saturated carbocycles. The Kier molecular flexibility index (Phi) is 4.95. The quantitative estimate of drug-likeness (QED) is 0.871. The van der Waals surface area contributed by atoms with Crippen molar-refractivity contribution in [3.63, 3.8) is 0 Å². The molecule has 1 N–H and O–H groups in total. The number of hydrogen-bond donors (Lipinski definition) is 1. The number of rotatable bonds is 6. The van der Waals surface area contributed by atoms with Gasteiger partial charge in [-0.3, -0.25) is 0 Å². The molecule has 0 aliphatic carbocycles. The smallest absolute Gasteiger partial charge is 0.161 e. The lowest BCUT2D eigenvalue weighted by Gasteiger charge is -2.35. The van der Waals surface area contributed by atoms with Gasteiger partial charge in [0.2, 0.25) is 0 Å². The van der Waals surface area contributed by atoms with Gasteiger partial charge in [-0.1, -0.05) is 31.5 Å². The zero-order valence-corrected chi connectivity index (χ0v) is 14.6. The highest BCUT2D eigenvalue weighted by molar-refractivity contribution is 5.87. The summed E-state index contributed by atoms with van der Waals surface area (Å²) in [7, 11) is 3.32. The van der Waals surface area contributed by atoms with Crippen LogP contribution in [0.5, 0.6) is 11.5 Å². The number of methoxy groups -OCH3 is 2. The third kappa shape index (κ3) is 2.82. The van der Waals surface area contributed by atoms with Crippen LogP contribution < -0.4 is 14.4 Å². The molecule has 0 atom stereocenters. The third-order valence-electron chi connectivity index (χ3n) is 4.65. The molecule has 0 fully saturated rings. The molecular weight excluding hydrogens is 302 g/mol. The summed E-state index contributed by atoms with van der Waals surface area (Å²) in [5.74, 6) is 1.49. The molecule has 3 rings (SSSR count). The maximum atomic E-state index is 9.80. The first kappa shape index (κ1) is 16.7. The molecule has 1 aliphatic heterocycles. The van der Waals surface area contributed by atoms with Crippen molar-refractivity contribution in [2.75, 3.05) is 25.7 Å². The molecule has 24 heavy (non-hydrogen) atoms. The second kappa shape index (κ2) is 7.14. The van der Waals surface area contributed by atoms with Crippen molar-refractivity contribution in [1.82, 2.24) is 0 Å². The van der Waals surface area contributed by atoms with E-state index in [4.69, 9.17) is 9.47 Å². The molecule has 0 saturated heterocycles. The van der Waals surface area contributed by atoms with Crippen LogP contribution in [-0.4, -0.2) is 25.9 Å². The molecule has 128 valence electrons. The van der Waals surface area contributed by atoms with Gasteiger partial charge in [-0.05, 0) is 29.7 Å². The fourth-order valence-electron chi connectivity index (χ4n) is 3.44. The van der Waals surface area contributed by atoms with Crippen molar-refractivity contribution in [3.05, 3.63) is 41.5 Å². The number of benzene rings is 2. The number of fused-ring (bicyclic) bond motifs is 3. The van der Waals surface area contributed by atoms with Gasteiger partial charge in [0.05, 0.1) is 26.5 Å². The van der Waals surface area contributed by atoms with E-state index in [1.54, 1.807) is 14.2 Å². The topological polar surface area (TPSA) is 41.9 Å². The number of para-hydroxylation sites is 1. The molecule has 0 bridgehead atoms. The minimum atomic E-state index is 0.0500. The Morgan fingerprint density at radius 3 is 2.50 bits per heavy atom. The summed E-state index contributed by atoms with van der Waals surface area (Å²) in [6, 6.07) is 10.3. The summed E-state index contributed by atoms with van der Waals surface area (Å²) >= 11 is 0. The lowest BCUT2D eigenvalue weighted by atomic mass is 9.90. The van der Waals surface area contributed by atoms with Gasteiger partial charge in [-0.15, -0.1) is 0 Å². The highest BCUT2D eigenvalue weighted by Gasteiger charge is 2.25. The molecule has 2 aromatic carbocycles.